The van der Waals surface area contributed by atoms with E-state index in [-0.39, 0.29) is 31.9 Å². The van der Waals surface area contributed by atoms with Crippen LogP contribution in [0.5, 0.6) is 11.5 Å². The van der Waals surface area contributed by atoms with Gasteiger partial charge in [-0.3, -0.25) is 0 Å². The first kappa shape index (κ1) is 38.2. The van der Waals surface area contributed by atoms with E-state index in [9.17, 15) is 0 Å². The number of fused-ring (bicyclic) bond motifs is 6. The molecule has 0 amide bonds. The molecule has 6 nitrogen and oxygen atoms in total. The second-order valence-electron chi connectivity index (χ2n) is 16.6. The monoisotopic (exact) mass is 925 g/mol. The number of aromatic nitrogens is 2. The molecule has 4 heterocycles. The first-order chi connectivity index (χ1) is 26.9. The van der Waals surface area contributed by atoms with E-state index in [1.165, 1.54) is 11.1 Å². The molecule has 7 heteroatoms. The summed E-state index contributed by atoms with van der Waals surface area (Å²) in [6, 6.07) is 49.5. The first-order valence-electron chi connectivity index (χ1n) is 19.2. The molecule has 9 rings (SSSR count). The second-order valence-corrected chi connectivity index (χ2v) is 16.6. The smallest absolute Gasteiger partial charge is 0.135 e. The summed E-state index contributed by atoms with van der Waals surface area (Å²) in [5.41, 5.74) is 12.7. The first-order valence-corrected chi connectivity index (χ1v) is 19.2. The Morgan fingerprint density at radius 3 is 1.96 bits per heavy atom. The molecule has 57 heavy (non-hydrogen) atoms. The number of anilines is 7. The second kappa shape index (κ2) is 14.7. The number of pyridine rings is 2. The fraction of sp³-hybridized carbons (Fsp3) is 0.180. The third-order valence-electron chi connectivity index (χ3n) is 10.5. The Bertz CT molecular complexity index is 2620. The van der Waals surface area contributed by atoms with Crippen LogP contribution in [0.25, 0.3) is 22.3 Å². The van der Waals surface area contributed by atoms with Gasteiger partial charge in [-0.05, 0) is 70.3 Å². The Morgan fingerprint density at radius 2 is 1.25 bits per heavy atom. The van der Waals surface area contributed by atoms with Crippen LogP contribution in [0.3, 0.4) is 0 Å². The Labute approximate surface area is 351 Å². The predicted molar refractivity (Wildman–Crippen MR) is 229 cm³/mol. The summed E-state index contributed by atoms with van der Waals surface area (Å²) in [4.78, 5) is 16.5. The number of aryl methyl sites for hydroxylation is 1. The summed E-state index contributed by atoms with van der Waals surface area (Å²) in [6.45, 7) is 17.6. The molecule has 0 fully saturated rings. The minimum absolute atomic E-state index is 0. The summed E-state index contributed by atoms with van der Waals surface area (Å²) >= 11 is 0. The molecule has 0 radical (unpaired) electrons. The van der Waals surface area contributed by atoms with Crippen LogP contribution in [0, 0.1) is 25.7 Å². The Hall–Kier alpha value is -5.71. The van der Waals surface area contributed by atoms with Crippen LogP contribution < -0.4 is 19.4 Å². The van der Waals surface area contributed by atoms with Gasteiger partial charge in [0, 0.05) is 61.9 Å². The van der Waals surface area contributed by atoms with E-state index in [1.54, 1.807) is 0 Å². The predicted octanol–water partition coefficient (Wildman–Crippen LogP) is 13.3. The number of rotatable bonds is 5. The van der Waals surface area contributed by atoms with Crippen molar-refractivity contribution in [3.05, 3.63) is 169 Å². The van der Waals surface area contributed by atoms with Gasteiger partial charge in [-0.1, -0.05) is 113 Å². The molecule has 0 N–H and O–H groups in total. The molecule has 2 aromatic heterocycles. The average Bonchev–Trinajstić information content (AvgIpc) is 3.52. The van der Waals surface area contributed by atoms with Crippen molar-refractivity contribution in [1.82, 2.24) is 9.97 Å². The van der Waals surface area contributed by atoms with E-state index in [0.717, 1.165) is 67.9 Å². The number of nitrogens with zero attached hydrogens (tertiary/aromatic N) is 5. The van der Waals surface area contributed by atoms with Crippen molar-refractivity contribution in [1.29, 1.82) is 0 Å². The van der Waals surface area contributed by atoms with Crippen LogP contribution in [0.15, 0.2) is 134 Å². The minimum atomic E-state index is -0.0972. The van der Waals surface area contributed by atoms with E-state index in [4.69, 9.17) is 14.7 Å². The van der Waals surface area contributed by atoms with Crippen LogP contribution in [0.4, 0.5) is 40.1 Å². The van der Waals surface area contributed by atoms with Gasteiger partial charge >= 0.3 is 0 Å². The van der Waals surface area contributed by atoms with Gasteiger partial charge in [0.25, 0.3) is 0 Å². The van der Waals surface area contributed by atoms with E-state index < -0.39 is 0 Å². The molecule has 2 aliphatic heterocycles. The van der Waals surface area contributed by atoms with E-state index >= 15 is 0 Å². The van der Waals surface area contributed by atoms with Gasteiger partial charge in [0.15, 0.2) is 0 Å². The largest absolute Gasteiger partial charge is 0.509 e. The van der Waals surface area contributed by atoms with Crippen molar-refractivity contribution in [3.63, 3.8) is 0 Å². The molecule has 0 spiro atoms. The van der Waals surface area contributed by atoms with Gasteiger partial charge in [0.05, 0.1) is 5.69 Å². The van der Waals surface area contributed by atoms with Gasteiger partial charge in [0.1, 0.15) is 11.6 Å². The quantitative estimate of drug-likeness (QED) is 0.160. The van der Waals surface area contributed by atoms with Crippen molar-refractivity contribution < 1.29 is 25.8 Å². The molecule has 0 atom stereocenters. The summed E-state index contributed by atoms with van der Waals surface area (Å²) in [5, 5.41) is 0. The van der Waals surface area contributed by atoms with Crippen LogP contribution in [0.2, 0.25) is 0 Å². The van der Waals surface area contributed by atoms with Crippen molar-refractivity contribution in [2.45, 2.75) is 59.3 Å². The summed E-state index contributed by atoms with van der Waals surface area (Å²) in [7, 11) is 0. The Kier molecular flexibility index (Phi) is 9.82. The topological polar surface area (TPSA) is 44.7 Å². The number of hydrogen-bond donors (Lipinski definition) is 0. The fourth-order valence-corrected chi connectivity index (χ4v) is 7.66. The van der Waals surface area contributed by atoms with Crippen molar-refractivity contribution in [3.8, 4) is 33.8 Å². The zero-order valence-corrected chi connectivity index (χ0v) is 35.5. The number of ether oxygens (including phenoxy) is 1. The number of para-hydroxylation sites is 3. The summed E-state index contributed by atoms with van der Waals surface area (Å²) in [6.07, 6.45) is 3.85. The molecule has 0 bridgehead atoms. The van der Waals surface area contributed by atoms with Crippen LogP contribution >= 0.6 is 0 Å². The Morgan fingerprint density at radius 1 is 0.596 bits per heavy atom. The third kappa shape index (κ3) is 7.02. The number of benzene rings is 5. The molecular formula is C50H44N5OPt-3. The van der Waals surface area contributed by atoms with Gasteiger partial charge in [-0.15, -0.1) is 48.3 Å². The van der Waals surface area contributed by atoms with Crippen molar-refractivity contribution >= 4 is 40.1 Å². The van der Waals surface area contributed by atoms with E-state index in [1.807, 2.05) is 30.6 Å². The minimum Gasteiger partial charge on any atom is -0.509 e. The maximum atomic E-state index is 6.68. The number of hydrogen-bond acceptors (Lipinski definition) is 6. The van der Waals surface area contributed by atoms with Crippen molar-refractivity contribution in [2.24, 2.45) is 0 Å². The van der Waals surface area contributed by atoms with E-state index in [2.05, 4.69) is 185 Å². The molecule has 288 valence electrons. The van der Waals surface area contributed by atoms with Crippen LogP contribution in [-0.4, -0.2) is 9.97 Å². The average molecular weight is 926 g/mol. The maximum Gasteiger partial charge on any atom is 0.135 e. The molecule has 5 aromatic carbocycles. The summed E-state index contributed by atoms with van der Waals surface area (Å²) < 4.78 is 6.68. The Balaban J connectivity index is 0.00000455. The fourth-order valence-electron chi connectivity index (χ4n) is 7.66. The van der Waals surface area contributed by atoms with Gasteiger partial charge in [-0.25, -0.2) is 9.97 Å². The van der Waals surface area contributed by atoms with Gasteiger partial charge in [0.2, 0.25) is 0 Å². The molecule has 0 saturated heterocycles. The molecule has 0 saturated carbocycles. The maximum absolute atomic E-state index is 6.68. The third-order valence-corrected chi connectivity index (χ3v) is 10.5. The zero-order valence-electron chi connectivity index (χ0n) is 33.2. The van der Waals surface area contributed by atoms with Crippen LogP contribution in [0.1, 0.15) is 58.2 Å². The van der Waals surface area contributed by atoms with Gasteiger partial charge < -0.3 is 19.4 Å². The molecular weight excluding hydrogens is 882 g/mol. The zero-order chi connectivity index (χ0) is 38.8. The molecule has 0 aliphatic carbocycles. The normalized spacial score (nSPS) is 13.2. The molecule has 7 aromatic rings. The summed E-state index contributed by atoms with van der Waals surface area (Å²) in [5.74, 6) is 2.91. The molecule has 2 aliphatic rings. The van der Waals surface area contributed by atoms with Gasteiger partial charge in [-0.2, -0.15) is 12.1 Å². The molecule has 0 unspecified atom stereocenters. The standard InChI is InChI=1S/C50H44N5O.Pt/c1-33-27-42(50(5,6)7)48(52-31-33)54-32-53(44-21-12-13-22-45(44)54)35-15-14-16-36(29-35)56-37-23-24-41-39-18-9-8-17-38(39)40-19-10-11-20-43(40)55(46(41)30-37)47-28-34(25-26-51-47)49(2,3)4;/h8-28,31-32H,1-7H3;/q-3;. The van der Waals surface area contributed by atoms with E-state index in [0.29, 0.717) is 11.5 Å². The van der Waals surface area contributed by atoms with Crippen molar-refractivity contribution in [2.75, 3.05) is 14.7 Å². The van der Waals surface area contributed by atoms with Crippen LogP contribution in [-0.2, 0) is 31.9 Å². The SMILES string of the molecule is Cc1cnc(N2[CH-]N(c3[c-]c(Oc4[c-]c5c(cc4)-c4ccccc4-c4ccccc4N5c4cc(C(C)(C)C)ccn4)ccc3)c3ccccc32)c(C(C)(C)C)c1.[Pt].